The highest BCUT2D eigenvalue weighted by atomic mass is 32.1. The number of rotatable bonds is 6. The third-order valence-electron chi connectivity index (χ3n) is 6.96. The molecule has 1 aromatic rings. The van der Waals surface area contributed by atoms with Crippen molar-refractivity contribution < 1.29 is 4.74 Å². The van der Waals surface area contributed by atoms with Crippen molar-refractivity contribution in [3.05, 3.63) is 24.3 Å². The van der Waals surface area contributed by atoms with Crippen molar-refractivity contribution in [1.29, 1.82) is 0 Å². The summed E-state index contributed by atoms with van der Waals surface area (Å²) in [6.45, 7) is 5.01. The molecule has 4 bridgehead atoms. The Labute approximate surface area is 163 Å². The smallest absolute Gasteiger partial charge is 0.171 e. The molecule has 4 saturated carbocycles. The first kappa shape index (κ1) is 18.1. The Bertz CT molecular complexity index is 607. The molecule has 0 spiro atoms. The zero-order valence-corrected chi connectivity index (χ0v) is 16.9. The Morgan fingerprint density at radius 2 is 1.65 bits per heavy atom. The quantitative estimate of drug-likeness (QED) is 0.658. The predicted molar refractivity (Wildman–Crippen MR) is 112 cm³/mol. The summed E-state index contributed by atoms with van der Waals surface area (Å²) in [7, 11) is 0. The average Bonchev–Trinajstić information content (AvgIpc) is 2.60. The highest BCUT2D eigenvalue weighted by Gasteiger charge is 2.53. The molecular weight excluding hydrogens is 340 g/mol. The van der Waals surface area contributed by atoms with Crippen molar-refractivity contribution in [3.63, 3.8) is 0 Å². The zero-order chi connectivity index (χ0) is 18.1. The van der Waals surface area contributed by atoms with E-state index in [-0.39, 0.29) is 0 Å². The summed E-state index contributed by atoms with van der Waals surface area (Å²) in [5, 5.41) is 7.83. The molecule has 4 aliphatic carbocycles. The molecule has 0 aliphatic heterocycles. The molecule has 0 radical (unpaired) electrons. The van der Waals surface area contributed by atoms with E-state index in [0.717, 1.165) is 40.7 Å². The summed E-state index contributed by atoms with van der Waals surface area (Å²) in [4.78, 5) is 0. The van der Waals surface area contributed by atoms with Crippen LogP contribution in [-0.2, 0) is 0 Å². The molecule has 142 valence electrons. The van der Waals surface area contributed by atoms with Crippen LogP contribution in [0.2, 0.25) is 0 Å². The van der Waals surface area contributed by atoms with E-state index in [2.05, 4.69) is 17.6 Å². The van der Waals surface area contributed by atoms with Gasteiger partial charge in [-0.3, -0.25) is 0 Å². The number of nitrogens with one attached hydrogen (secondary N) is 2. The van der Waals surface area contributed by atoms with E-state index in [9.17, 15) is 0 Å². The summed E-state index contributed by atoms with van der Waals surface area (Å²) < 4.78 is 5.51. The molecule has 0 saturated heterocycles. The third kappa shape index (κ3) is 3.58. The summed E-state index contributed by atoms with van der Waals surface area (Å²) >= 11 is 5.66. The summed E-state index contributed by atoms with van der Waals surface area (Å²) in [5.41, 5.74) is 1.50. The number of ether oxygens (including phenoxy) is 1. The Balaban J connectivity index is 1.39. The number of thiocarbonyl (C=S) groups is 1. The van der Waals surface area contributed by atoms with Gasteiger partial charge >= 0.3 is 0 Å². The van der Waals surface area contributed by atoms with Gasteiger partial charge in [0.25, 0.3) is 0 Å². The number of anilines is 1. The fourth-order valence-corrected chi connectivity index (χ4v) is 6.68. The Kier molecular flexibility index (Phi) is 5.13. The Morgan fingerprint density at radius 1 is 1.08 bits per heavy atom. The van der Waals surface area contributed by atoms with Crippen LogP contribution >= 0.6 is 12.2 Å². The van der Waals surface area contributed by atoms with Gasteiger partial charge in [-0.25, -0.2) is 0 Å². The van der Waals surface area contributed by atoms with E-state index in [1.807, 2.05) is 31.2 Å². The molecule has 4 heteroatoms. The summed E-state index contributed by atoms with van der Waals surface area (Å²) in [6.07, 6.45) is 9.86. The monoisotopic (exact) mass is 372 g/mol. The average molecular weight is 373 g/mol. The molecule has 0 aromatic heterocycles. The highest BCUT2D eigenvalue weighted by molar-refractivity contribution is 7.80. The molecule has 1 aromatic carbocycles. The second-order valence-electron chi connectivity index (χ2n) is 8.80. The molecular formula is C22H32N2OS. The molecule has 4 aliphatic rings. The Hall–Kier alpha value is -1.29. The number of benzene rings is 1. The van der Waals surface area contributed by atoms with Gasteiger partial charge in [-0.15, -0.1) is 0 Å². The van der Waals surface area contributed by atoms with Gasteiger partial charge in [0.1, 0.15) is 5.75 Å². The molecule has 1 atom stereocenters. The van der Waals surface area contributed by atoms with E-state index in [4.69, 9.17) is 17.0 Å². The maximum absolute atomic E-state index is 5.66. The lowest BCUT2D eigenvalue weighted by Gasteiger charge is -2.59. The lowest BCUT2D eigenvalue weighted by atomic mass is 9.47. The lowest BCUT2D eigenvalue weighted by Crippen LogP contribution is -2.57. The molecule has 0 heterocycles. The largest absolute Gasteiger partial charge is 0.494 e. The van der Waals surface area contributed by atoms with Gasteiger partial charge in [0.2, 0.25) is 0 Å². The van der Waals surface area contributed by atoms with Gasteiger partial charge in [0.15, 0.2) is 5.11 Å². The van der Waals surface area contributed by atoms with Gasteiger partial charge in [0.05, 0.1) is 6.61 Å². The first-order chi connectivity index (χ1) is 12.6. The van der Waals surface area contributed by atoms with Crippen LogP contribution in [0.25, 0.3) is 0 Å². The molecule has 26 heavy (non-hydrogen) atoms. The normalized spacial score (nSPS) is 32.9. The first-order valence-electron chi connectivity index (χ1n) is 10.4. The van der Waals surface area contributed by atoms with E-state index >= 15 is 0 Å². The minimum Gasteiger partial charge on any atom is -0.494 e. The standard InChI is InChI=1S/C22H32N2OS/c1-3-20(22-12-15-9-16(13-22)11-17(10-15)14-22)24-21(26)23-18-5-7-19(8-6-18)25-4-2/h5-8,15-17,20H,3-4,9-14H2,1-2H3,(H2,23,24,26). The molecule has 2 N–H and O–H groups in total. The minimum atomic E-state index is 0.480. The van der Waals surface area contributed by atoms with Crippen LogP contribution in [0.4, 0.5) is 5.69 Å². The van der Waals surface area contributed by atoms with E-state index in [0.29, 0.717) is 18.1 Å². The van der Waals surface area contributed by atoms with Crippen molar-refractivity contribution >= 4 is 23.0 Å². The van der Waals surface area contributed by atoms with Crippen LogP contribution < -0.4 is 15.4 Å². The van der Waals surface area contributed by atoms with Crippen LogP contribution in [0.15, 0.2) is 24.3 Å². The van der Waals surface area contributed by atoms with Crippen molar-refractivity contribution in [2.75, 3.05) is 11.9 Å². The van der Waals surface area contributed by atoms with Crippen LogP contribution in [-0.4, -0.2) is 17.8 Å². The molecule has 3 nitrogen and oxygen atoms in total. The maximum Gasteiger partial charge on any atom is 0.171 e. The SMILES string of the molecule is CCOc1ccc(NC(=S)NC(CC)C23CC4CC(CC(C4)C2)C3)cc1. The van der Waals surface area contributed by atoms with Gasteiger partial charge in [0, 0.05) is 11.7 Å². The predicted octanol–water partition coefficient (Wildman–Crippen LogP) is 5.37. The van der Waals surface area contributed by atoms with Crippen LogP contribution in [0.3, 0.4) is 0 Å². The fourth-order valence-electron chi connectivity index (χ4n) is 6.42. The third-order valence-corrected chi connectivity index (χ3v) is 7.18. The van der Waals surface area contributed by atoms with Crippen LogP contribution in [0, 0.1) is 23.2 Å². The maximum atomic E-state index is 5.66. The Morgan fingerprint density at radius 3 is 2.15 bits per heavy atom. The van der Waals surface area contributed by atoms with E-state index in [1.54, 1.807) is 0 Å². The number of hydrogen-bond donors (Lipinski definition) is 2. The van der Waals surface area contributed by atoms with Crippen molar-refractivity contribution in [2.24, 2.45) is 23.2 Å². The lowest BCUT2D eigenvalue weighted by molar-refractivity contribution is -0.0709. The van der Waals surface area contributed by atoms with Gasteiger partial charge < -0.3 is 15.4 Å². The summed E-state index contributed by atoms with van der Waals surface area (Å²) in [6, 6.07) is 8.55. The molecule has 1 unspecified atom stereocenters. The van der Waals surface area contributed by atoms with Gasteiger partial charge in [-0.2, -0.15) is 0 Å². The van der Waals surface area contributed by atoms with Crippen molar-refractivity contribution in [3.8, 4) is 5.75 Å². The van der Waals surface area contributed by atoms with Gasteiger partial charge in [-0.05, 0) is 112 Å². The topological polar surface area (TPSA) is 33.3 Å². The van der Waals surface area contributed by atoms with E-state index < -0.39 is 0 Å². The molecule has 4 fully saturated rings. The van der Waals surface area contributed by atoms with Crippen LogP contribution in [0.5, 0.6) is 5.75 Å². The second-order valence-corrected chi connectivity index (χ2v) is 9.20. The zero-order valence-electron chi connectivity index (χ0n) is 16.1. The highest BCUT2D eigenvalue weighted by Crippen LogP contribution is 2.61. The molecule has 5 rings (SSSR count). The number of hydrogen-bond acceptors (Lipinski definition) is 2. The van der Waals surface area contributed by atoms with E-state index in [1.165, 1.54) is 38.5 Å². The fraction of sp³-hybridized carbons (Fsp3) is 0.682. The molecule has 0 amide bonds. The van der Waals surface area contributed by atoms with Crippen molar-refractivity contribution in [2.45, 2.75) is 64.8 Å². The summed E-state index contributed by atoms with van der Waals surface area (Å²) in [5.74, 6) is 3.83. The second kappa shape index (κ2) is 7.38. The minimum absolute atomic E-state index is 0.480. The first-order valence-corrected chi connectivity index (χ1v) is 10.8. The van der Waals surface area contributed by atoms with Crippen molar-refractivity contribution in [1.82, 2.24) is 5.32 Å². The van der Waals surface area contributed by atoms with Gasteiger partial charge in [-0.1, -0.05) is 6.92 Å². The van der Waals surface area contributed by atoms with Crippen LogP contribution in [0.1, 0.15) is 58.8 Å².